The van der Waals surface area contributed by atoms with Crippen molar-refractivity contribution < 1.29 is 13.6 Å². The molecule has 1 N–H and O–H groups in total. The Labute approximate surface area is 137 Å². The van der Waals surface area contributed by atoms with Gasteiger partial charge >= 0.3 is 0 Å². The Balaban J connectivity index is 1.72. The molecule has 2 aromatic carbocycles. The number of nitrogens with zero attached hydrogens (tertiary/aromatic N) is 2. The van der Waals surface area contributed by atoms with Crippen LogP contribution in [0, 0.1) is 18.6 Å². The zero-order valence-electron chi connectivity index (χ0n) is 13.0. The Morgan fingerprint density at radius 2 is 2.04 bits per heavy atom. The van der Waals surface area contributed by atoms with Crippen molar-refractivity contribution >= 4 is 5.91 Å². The van der Waals surface area contributed by atoms with E-state index in [1.54, 1.807) is 42.1 Å². The van der Waals surface area contributed by atoms with Crippen molar-refractivity contribution in [1.29, 1.82) is 0 Å². The van der Waals surface area contributed by atoms with E-state index in [1.807, 2.05) is 0 Å². The van der Waals surface area contributed by atoms with Gasteiger partial charge in [0, 0.05) is 24.5 Å². The van der Waals surface area contributed by atoms with Crippen molar-refractivity contribution in [2.24, 2.45) is 0 Å². The van der Waals surface area contributed by atoms with Gasteiger partial charge in [0.05, 0.1) is 12.0 Å². The molecular formula is C18H15F2N3O. The Hall–Kier alpha value is -3.02. The average molecular weight is 327 g/mol. The highest BCUT2D eigenvalue weighted by molar-refractivity contribution is 5.95. The number of imidazole rings is 1. The second-order valence-corrected chi connectivity index (χ2v) is 5.40. The smallest absolute Gasteiger partial charge is 0.251 e. The Morgan fingerprint density at radius 1 is 1.21 bits per heavy atom. The van der Waals surface area contributed by atoms with Crippen LogP contribution in [0.25, 0.3) is 5.69 Å². The minimum absolute atomic E-state index is 0.149. The lowest BCUT2D eigenvalue weighted by Gasteiger charge is -2.10. The topological polar surface area (TPSA) is 46.9 Å². The fourth-order valence-electron chi connectivity index (χ4n) is 2.39. The molecule has 0 atom stereocenters. The summed E-state index contributed by atoms with van der Waals surface area (Å²) in [6, 6.07) is 8.73. The van der Waals surface area contributed by atoms with Crippen molar-refractivity contribution in [1.82, 2.24) is 14.9 Å². The van der Waals surface area contributed by atoms with E-state index in [-0.39, 0.29) is 12.1 Å². The lowest BCUT2D eigenvalue weighted by molar-refractivity contribution is 0.0950. The van der Waals surface area contributed by atoms with Gasteiger partial charge in [-0.1, -0.05) is 12.1 Å². The van der Waals surface area contributed by atoms with Crippen LogP contribution < -0.4 is 5.32 Å². The van der Waals surface area contributed by atoms with E-state index in [0.717, 1.165) is 0 Å². The summed E-state index contributed by atoms with van der Waals surface area (Å²) in [4.78, 5) is 16.0. The number of hydrogen-bond acceptors (Lipinski definition) is 2. The van der Waals surface area contributed by atoms with E-state index < -0.39 is 17.5 Å². The lowest BCUT2D eigenvalue weighted by Crippen LogP contribution is -2.23. The van der Waals surface area contributed by atoms with E-state index in [1.165, 1.54) is 24.5 Å². The summed E-state index contributed by atoms with van der Waals surface area (Å²) in [5.41, 5.74) is 1.93. The summed E-state index contributed by atoms with van der Waals surface area (Å²) in [5, 5.41) is 2.67. The highest BCUT2D eigenvalue weighted by Crippen LogP contribution is 2.15. The van der Waals surface area contributed by atoms with Crippen LogP contribution in [-0.4, -0.2) is 15.5 Å². The molecule has 0 radical (unpaired) electrons. The molecule has 1 aromatic heterocycles. The zero-order chi connectivity index (χ0) is 17.1. The van der Waals surface area contributed by atoms with Gasteiger partial charge in [0.15, 0.2) is 0 Å². The zero-order valence-corrected chi connectivity index (χ0v) is 13.0. The quantitative estimate of drug-likeness (QED) is 0.798. The lowest BCUT2D eigenvalue weighted by atomic mass is 10.1. The fourth-order valence-corrected chi connectivity index (χ4v) is 2.39. The van der Waals surface area contributed by atoms with Crippen molar-refractivity contribution in [2.45, 2.75) is 13.5 Å². The molecule has 1 heterocycles. The van der Waals surface area contributed by atoms with Crippen LogP contribution in [0.5, 0.6) is 0 Å². The fraction of sp³-hybridized carbons (Fsp3) is 0.111. The number of hydrogen-bond donors (Lipinski definition) is 1. The monoisotopic (exact) mass is 327 g/mol. The van der Waals surface area contributed by atoms with E-state index >= 15 is 0 Å². The second kappa shape index (κ2) is 6.62. The number of aromatic nitrogens is 2. The minimum Gasteiger partial charge on any atom is -0.348 e. The van der Waals surface area contributed by atoms with Gasteiger partial charge in [-0.2, -0.15) is 0 Å². The number of carbonyl (C=O) groups excluding carboxylic acids is 1. The van der Waals surface area contributed by atoms with E-state index in [9.17, 15) is 13.6 Å². The van der Waals surface area contributed by atoms with Crippen molar-refractivity contribution in [3.05, 3.63) is 83.4 Å². The van der Waals surface area contributed by atoms with Crippen molar-refractivity contribution in [2.75, 3.05) is 0 Å². The number of nitrogens with one attached hydrogen (secondary N) is 1. The molecule has 1 amide bonds. The van der Waals surface area contributed by atoms with Crippen LogP contribution in [0.3, 0.4) is 0 Å². The van der Waals surface area contributed by atoms with Gasteiger partial charge in [0.1, 0.15) is 11.6 Å². The van der Waals surface area contributed by atoms with Crippen LogP contribution in [0.1, 0.15) is 21.5 Å². The molecule has 0 aliphatic rings. The molecule has 0 fully saturated rings. The molecule has 24 heavy (non-hydrogen) atoms. The summed E-state index contributed by atoms with van der Waals surface area (Å²) in [6.45, 7) is 1.88. The molecular weight excluding hydrogens is 312 g/mol. The first-order valence-corrected chi connectivity index (χ1v) is 7.35. The largest absolute Gasteiger partial charge is 0.348 e. The highest BCUT2D eigenvalue weighted by atomic mass is 19.1. The molecule has 6 heteroatoms. The number of aryl methyl sites for hydroxylation is 1. The van der Waals surface area contributed by atoms with E-state index in [2.05, 4.69) is 10.3 Å². The molecule has 0 bridgehead atoms. The average Bonchev–Trinajstić information content (AvgIpc) is 3.09. The maximum absolute atomic E-state index is 14.2. The first kappa shape index (κ1) is 15.9. The van der Waals surface area contributed by atoms with Crippen LogP contribution in [0.2, 0.25) is 0 Å². The molecule has 4 nitrogen and oxygen atoms in total. The van der Waals surface area contributed by atoms with Gasteiger partial charge in [0.2, 0.25) is 0 Å². The van der Waals surface area contributed by atoms with Gasteiger partial charge in [-0.3, -0.25) is 4.79 Å². The first-order chi connectivity index (χ1) is 11.5. The van der Waals surface area contributed by atoms with Gasteiger partial charge < -0.3 is 9.88 Å². The molecule has 0 spiro atoms. The van der Waals surface area contributed by atoms with Crippen molar-refractivity contribution in [3.8, 4) is 5.69 Å². The maximum Gasteiger partial charge on any atom is 0.251 e. The summed E-state index contributed by atoms with van der Waals surface area (Å²) < 4.78 is 29.0. The molecule has 3 aromatic rings. The number of halogens is 2. The number of benzene rings is 2. The third-order valence-electron chi connectivity index (χ3n) is 3.69. The SMILES string of the molecule is Cc1ccc(F)cc1C(=O)NCc1ccc(-n2ccnc2)c(F)c1. The summed E-state index contributed by atoms with van der Waals surface area (Å²) in [6.07, 6.45) is 4.72. The normalized spacial score (nSPS) is 10.6. The highest BCUT2D eigenvalue weighted by Gasteiger charge is 2.11. The first-order valence-electron chi connectivity index (χ1n) is 7.35. The van der Waals surface area contributed by atoms with Crippen LogP contribution in [0.4, 0.5) is 8.78 Å². The summed E-state index contributed by atoms with van der Waals surface area (Å²) >= 11 is 0. The second-order valence-electron chi connectivity index (χ2n) is 5.40. The standard InChI is InChI=1S/C18H15F2N3O/c1-12-2-4-14(19)9-15(12)18(24)22-10-13-3-5-17(16(20)8-13)23-7-6-21-11-23/h2-9,11H,10H2,1H3,(H,22,24). The predicted octanol–water partition coefficient (Wildman–Crippen LogP) is 3.39. The molecule has 3 rings (SSSR count). The molecule has 0 saturated heterocycles. The number of carbonyl (C=O) groups is 1. The van der Waals surface area contributed by atoms with Crippen LogP contribution in [-0.2, 0) is 6.54 Å². The Bertz CT molecular complexity index is 876. The molecule has 0 saturated carbocycles. The maximum atomic E-state index is 14.2. The Morgan fingerprint density at radius 3 is 2.75 bits per heavy atom. The number of amides is 1. The predicted molar refractivity (Wildman–Crippen MR) is 85.8 cm³/mol. The van der Waals surface area contributed by atoms with Crippen molar-refractivity contribution in [3.63, 3.8) is 0 Å². The van der Waals surface area contributed by atoms with E-state index in [4.69, 9.17) is 0 Å². The third-order valence-corrected chi connectivity index (χ3v) is 3.69. The number of rotatable bonds is 4. The summed E-state index contributed by atoms with van der Waals surface area (Å²) in [7, 11) is 0. The molecule has 0 aliphatic heterocycles. The van der Waals surface area contributed by atoms with Gasteiger partial charge in [-0.15, -0.1) is 0 Å². The third kappa shape index (κ3) is 3.32. The van der Waals surface area contributed by atoms with Gasteiger partial charge in [-0.25, -0.2) is 13.8 Å². The molecule has 122 valence electrons. The van der Waals surface area contributed by atoms with Gasteiger partial charge in [-0.05, 0) is 42.3 Å². The Kier molecular flexibility index (Phi) is 4.37. The molecule has 0 unspecified atom stereocenters. The van der Waals surface area contributed by atoms with Crippen LogP contribution in [0.15, 0.2) is 55.1 Å². The summed E-state index contributed by atoms with van der Waals surface area (Å²) in [5.74, 6) is -1.28. The minimum atomic E-state index is -0.471. The van der Waals surface area contributed by atoms with Crippen LogP contribution >= 0.6 is 0 Å². The van der Waals surface area contributed by atoms with Gasteiger partial charge in [0.25, 0.3) is 5.91 Å². The van der Waals surface area contributed by atoms with E-state index in [0.29, 0.717) is 16.8 Å². The molecule has 0 aliphatic carbocycles.